The molecule has 1 aliphatic carbocycles. The molecule has 0 aromatic heterocycles. The topological polar surface area (TPSA) is 33.4 Å². The van der Waals surface area contributed by atoms with E-state index >= 15 is 0 Å². The van der Waals surface area contributed by atoms with E-state index in [0.29, 0.717) is 0 Å². The van der Waals surface area contributed by atoms with Crippen LogP contribution in [0.1, 0.15) is 0 Å². The third-order valence-electron chi connectivity index (χ3n) is 1.47. The van der Waals surface area contributed by atoms with E-state index in [4.69, 9.17) is 9.52 Å². The van der Waals surface area contributed by atoms with Crippen molar-refractivity contribution in [1.29, 1.82) is 0 Å². The maximum absolute atomic E-state index is 8.88. The molecular weight excluding hydrogens is 128 g/mol. The first-order valence-corrected chi connectivity index (χ1v) is 3.02. The molecule has 0 spiro atoms. The molecule has 0 saturated heterocycles. The molecule has 0 unspecified atom stereocenters. The molecule has 1 N–H and O–H groups in total. The molecule has 50 valence electrons. The van der Waals surface area contributed by atoms with Gasteiger partial charge in [-0.1, -0.05) is 18.2 Å². The summed E-state index contributed by atoms with van der Waals surface area (Å²) < 4.78 is 4.75. The fourth-order valence-corrected chi connectivity index (χ4v) is 0.978. The Morgan fingerprint density at radius 3 is 2.90 bits per heavy atom. The maximum atomic E-state index is 8.88. The fraction of sp³-hybridized carbons (Fsp3) is 0. The third kappa shape index (κ3) is 0.658. The van der Waals surface area contributed by atoms with E-state index in [1.54, 1.807) is 6.07 Å². The summed E-state index contributed by atoms with van der Waals surface area (Å²) in [5, 5.41) is 8.88. The van der Waals surface area contributed by atoms with Gasteiger partial charge in [-0.05, 0) is 5.56 Å². The Morgan fingerprint density at radius 1 is 1.20 bits per heavy atom. The standard InChI is InChI=1S/C8H6O2/c9-8-4-6-2-1-3-7(6)5-10-8/h1-5,9H. The SMILES string of the molecule is Oc1cc2cccc-2co1. The molecule has 2 heteroatoms. The minimum atomic E-state index is -0.0429. The first-order valence-electron chi connectivity index (χ1n) is 3.02. The van der Waals surface area contributed by atoms with E-state index in [1.165, 1.54) is 6.26 Å². The van der Waals surface area contributed by atoms with Crippen LogP contribution < -0.4 is 0 Å². The second-order valence-corrected chi connectivity index (χ2v) is 2.15. The molecule has 0 fully saturated rings. The van der Waals surface area contributed by atoms with Gasteiger partial charge in [0, 0.05) is 11.6 Å². The molecule has 0 radical (unpaired) electrons. The zero-order valence-electron chi connectivity index (χ0n) is 5.24. The van der Waals surface area contributed by atoms with Crippen molar-refractivity contribution in [3.05, 3.63) is 30.5 Å². The molecular formula is C8H6O2. The Labute approximate surface area is 58.1 Å². The lowest BCUT2D eigenvalue weighted by atomic mass is 10.2. The van der Waals surface area contributed by atoms with Gasteiger partial charge in [-0.15, -0.1) is 0 Å². The first kappa shape index (κ1) is 5.35. The van der Waals surface area contributed by atoms with Gasteiger partial charge in [-0.3, -0.25) is 0 Å². The highest BCUT2D eigenvalue weighted by molar-refractivity contribution is 5.65. The lowest BCUT2D eigenvalue weighted by Gasteiger charge is -1.95. The van der Waals surface area contributed by atoms with Crippen molar-refractivity contribution < 1.29 is 9.52 Å². The smallest absolute Gasteiger partial charge is 0.282 e. The summed E-state index contributed by atoms with van der Waals surface area (Å²) in [7, 11) is 0. The summed E-state index contributed by atoms with van der Waals surface area (Å²) in [4.78, 5) is 0. The van der Waals surface area contributed by atoms with Crippen LogP contribution in [-0.4, -0.2) is 5.11 Å². The van der Waals surface area contributed by atoms with Crippen LogP contribution in [0.25, 0.3) is 11.1 Å². The van der Waals surface area contributed by atoms with Crippen molar-refractivity contribution in [2.45, 2.75) is 0 Å². The van der Waals surface area contributed by atoms with Crippen molar-refractivity contribution >= 4 is 0 Å². The Balaban J connectivity index is 2.75. The van der Waals surface area contributed by atoms with Crippen molar-refractivity contribution in [2.75, 3.05) is 0 Å². The molecule has 10 heavy (non-hydrogen) atoms. The van der Waals surface area contributed by atoms with Gasteiger partial charge in [0.25, 0.3) is 5.95 Å². The molecule has 0 aromatic rings. The molecule has 1 aliphatic heterocycles. The number of hydrogen-bond acceptors (Lipinski definition) is 2. The first-order chi connectivity index (χ1) is 4.86. The van der Waals surface area contributed by atoms with Gasteiger partial charge in [0.15, 0.2) is 0 Å². The van der Waals surface area contributed by atoms with Gasteiger partial charge in [-0.2, -0.15) is 0 Å². The lowest BCUT2D eigenvalue weighted by Crippen LogP contribution is -1.70. The zero-order chi connectivity index (χ0) is 6.97. The zero-order valence-corrected chi connectivity index (χ0v) is 5.24. The highest BCUT2D eigenvalue weighted by Gasteiger charge is 2.02. The second kappa shape index (κ2) is 1.77. The molecule has 0 amide bonds. The second-order valence-electron chi connectivity index (χ2n) is 2.15. The normalized spacial score (nSPS) is 10.4. The van der Waals surface area contributed by atoms with Crippen LogP contribution in [0.5, 0.6) is 5.95 Å². The number of fused-ring (bicyclic) bond motifs is 1. The molecule has 2 nitrogen and oxygen atoms in total. The van der Waals surface area contributed by atoms with E-state index in [2.05, 4.69) is 0 Å². The maximum Gasteiger partial charge on any atom is 0.282 e. The predicted octanol–water partition coefficient (Wildman–Crippen LogP) is 2.09. The van der Waals surface area contributed by atoms with Crippen LogP contribution in [0.15, 0.2) is 34.9 Å². The third-order valence-corrected chi connectivity index (χ3v) is 1.47. The molecule has 0 atom stereocenters. The molecule has 0 bridgehead atoms. The lowest BCUT2D eigenvalue weighted by molar-refractivity contribution is 0.323. The van der Waals surface area contributed by atoms with Crippen LogP contribution in [0.3, 0.4) is 0 Å². The van der Waals surface area contributed by atoms with Crippen molar-refractivity contribution in [1.82, 2.24) is 0 Å². The summed E-state index contributed by atoms with van der Waals surface area (Å²) in [6, 6.07) is 7.36. The highest BCUT2D eigenvalue weighted by Crippen LogP contribution is 2.26. The minimum absolute atomic E-state index is 0.0429. The van der Waals surface area contributed by atoms with E-state index in [9.17, 15) is 0 Å². The van der Waals surface area contributed by atoms with Crippen molar-refractivity contribution in [3.8, 4) is 17.1 Å². The van der Waals surface area contributed by atoms with Crippen LogP contribution in [0.2, 0.25) is 0 Å². The molecule has 2 aliphatic rings. The summed E-state index contributed by atoms with van der Waals surface area (Å²) in [5.74, 6) is -0.0429. The van der Waals surface area contributed by atoms with E-state index < -0.39 is 0 Å². The molecule has 1 heterocycles. The van der Waals surface area contributed by atoms with Crippen molar-refractivity contribution in [3.63, 3.8) is 0 Å². The summed E-state index contributed by atoms with van der Waals surface area (Å²) in [6.07, 6.45) is 1.53. The van der Waals surface area contributed by atoms with Gasteiger partial charge in [0.05, 0.1) is 0 Å². The largest absolute Gasteiger partial charge is 0.481 e. The van der Waals surface area contributed by atoms with Crippen molar-refractivity contribution in [2.24, 2.45) is 0 Å². The quantitative estimate of drug-likeness (QED) is 0.598. The summed E-state index contributed by atoms with van der Waals surface area (Å²) >= 11 is 0. The van der Waals surface area contributed by atoms with Gasteiger partial charge < -0.3 is 9.52 Å². The Kier molecular flexibility index (Phi) is 0.947. The van der Waals surface area contributed by atoms with Gasteiger partial charge >= 0.3 is 0 Å². The highest BCUT2D eigenvalue weighted by atomic mass is 16.5. The average molecular weight is 134 g/mol. The van der Waals surface area contributed by atoms with E-state index in [1.807, 2.05) is 18.2 Å². The Hall–Kier alpha value is -1.44. The molecule has 0 saturated carbocycles. The molecule has 2 rings (SSSR count). The number of rotatable bonds is 0. The minimum Gasteiger partial charge on any atom is -0.481 e. The van der Waals surface area contributed by atoms with Gasteiger partial charge in [0.1, 0.15) is 6.26 Å². The van der Waals surface area contributed by atoms with Gasteiger partial charge in [0.2, 0.25) is 0 Å². The fourth-order valence-electron chi connectivity index (χ4n) is 0.978. The van der Waals surface area contributed by atoms with Crippen LogP contribution in [-0.2, 0) is 0 Å². The van der Waals surface area contributed by atoms with Gasteiger partial charge in [-0.25, -0.2) is 0 Å². The van der Waals surface area contributed by atoms with E-state index in [0.717, 1.165) is 11.1 Å². The Morgan fingerprint density at radius 2 is 2.00 bits per heavy atom. The average Bonchev–Trinajstić information content (AvgIpc) is 2.33. The van der Waals surface area contributed by atoms with E-state index in [-0.39, 0.29) is 5.95 Å². The predicted molar refractivity (Wildman–Crippen MR) is 37.0 cm³/mol. The summed E-state index contributed by atoms with van der Waals surface area (Å²) in [5.41, 5.74) is 2.02. The van der Waals surface area contributed by atoms with Crippen LogP contribution >= 0.6 is 0 Å². The number of hydrogen-bond donors (Lipinski definition) is 1. The molecule has 0 aromatic carbocycles. The Bertz CT molecular complexity index is 311. The monoisotopic (exact) mass is 134 g/mol. The summed E-state index contributed by atoms with van der Waals surface area (Å²) in [6.45, 7) is 0. The van der Waals surface area contributed by atoms with Crippen LogP contribution in [0, 0.1) is 0 Å². The number of aromatic hydroxyl groups is 1. The van der Waals surface area contributed by atoms with Crippen LogP contribution in [0.4, 0.5) is 0 Å².